The first-order valence-electron chi connectivity index (χ1n) is 9.06. The van der Waals surface area contributed by atoms with Gasteiger partial charge in [0.2, 0.25) is 27.6 Å². The third-order valence-corrected chi connectivity index (χ3v) is 5.95. The van der Waals surface area contributed by atoms with E-state index in [1.165, 1.54) is 0 Å². The zero-order valence-electron chi connectivity index (χ0n) is 16.5. The van der Waals surface area contributed by atoms with E-state index in [9.17, 15) is 13.2 Å². The van der Waals surface area contributed by atoms with Crippen molar-refractivity contribution in [1.82, 2.24) is 19.8 Å². The first-order chi connectivity index (χ1) is 14.2. The molecule has 30 heavy (non-hydrogen) atoms. The minimum atomic E-state index is -3.57. The molecule has 1 N–H and O–H groups in total. The second kappa shape index (κ2) is 9.50. The first kappa shape index (κ1) is 22.1. The summed E-state index contributed by atoms with van der Waals surface area (Å²) in [6.07, 6.45) is 1.08. The number of hydrogen-bond donors (Lipinski definition) is 1. The van der Waals surface area contributed by atoms with Gasteiger partial charge >= 0.3 is 0 Å². The van der Waals surface area contributed by atoms with Crippen molar-refractivity contribution in [2.75, 3.05) is 12.8 Å². The molecule has 3 aromatic rings. The Balaban J connectivity index is 1.60. The van der Waals surface area contributed by atoms with Crippen LogP contribution in [0.2, 0.25) is 0 Å². The zero-order valence-corrected chi connectivity index (χ0v) is 18.9. The van der Waals surface area contributed by atoms with E-state index in [2.05, 4.69) is 31.4 Å². The highest BCUT2D eigenvalue weighted by Crippen LogP contribution is 2.20. The van der Waals surface area contributed by atoms with Gasteiger partial charge in [-0.15, -0.1) is 0 Å². The number of nitrogens with one attached hydrogen (secondary N) is 1. The highest BCUT2D eigenvalue weighted by Gasteiger charge is 2.21. The molecular formula is C20H21BrN4O4S. The second-order valence-electron chi connectivity index (χ2n) is 6.82. The predicted molar refractivity (Wildman–Crippen MR) is 116 cm³/mol. The van der Waals surface area contributed by atoms with Crippen LogP contribution >= 0.6 is 15.9 Å². The molecule has 158 valence electrons. The molecule has 1 aromatic heterocycles. The van der Waals surface area contributed by atoms with E-state index >= 15 is 0 Å². The van der Waals surface area contributed by atoms with Crippen molar-refractivity contribution in [2.45, 2.75) is 20.0 Å². The molecule has 0 radical (unpaired) electrons. The van der Waals surface area contributed by atoms with Crippen LogP contribution in [0, 0.1) is 6.92 Å². The molecule has 1 heterocycles. The van der Waals surface area contributed by atoms with Gasteiger partial charge in [-0.2, -0.15) is 9.29 Å². The first-order valence-corrected chi connectivity index (χ1v) is 11.7. The van der Waals surface area contributed by atoms with Gasteiger partial charge in [-0.25, -0.2) is 8.42 Å². The van der Waals surface area contributed by atoms with Crippen LogP contribution < -0.4 is 5.32 Å². The average Bonchev–Trinajstić information content (AvgIpc) is 3.16. The van der Waals surface area contributed by atoms with Crippen LogP contribution in [0.15, 0.2) is 57.5 Å². The molecule has 10 heteroatoms. The normalized spacial score (nSPS) is 11.6. The van der Waals surface area contributed by atoms with Crippen molar-refractivity contribution in [2.24, 2.45) is 0 Å². The maximum Gasteiger partial charge on any atom is 0.246 e. The molecule has 0 unspecified atom stereocenters. The van der Waals surface area contributed by atoms with Crippen LogP contribution in [0.3, 0.4) is 0 Å². The Labute approximate surface area is 183 Å². The van der Waals surface area contributed by atoms with Gasteiger partial charge in [0.1, 0.15) is 0 Å². The quantitative estimate of drug-likeness (QED) is 0.518. The van der Waals surface area contributed by atoms with Gasteiger partial charge in [-0.1, -0.05) is 63.0 Å². The number of carbonyl (C=O) groups is 1. The van der Waals surface area contributed by atoms with Gasteiger partial charge in [0.15, 0.2) is 0 Å². The monoisotopic (exact) mass is 492 g/mol. The van der Waals surface area contributed by atoms with Crippen LogP contribution in [0.5, 0.6) is 0 Å². The maximum atomic E-state index is 12.3. The molecule has 0 atom stereocenters. The maximum absolute atomic E-state index is 12.3. The van der Waals surface area contributed by atoms with Crippen LogP contribution in [0.25, 0.3) is 11.4 Å². The molecule has 2 aromatic carbocycles. The number of carbonyl (C=O) groups excluding carboxylic acids is 1. The highest BCUT2D eigenvalue weighted by atomic mass is 79.9. The molecule has 3 rings (SSSR count). The number of hydrogen-bond acceptors (Lipinski definition) is 6. The Morgan fingerprint density at radius 1 is 1.20 bits per heavy atom. The fraction of sp³-hybridized carbons (Fsp3) is 0.250. The summed E-state index contributed by atoms with van der Waals surface area (Å²) in [7, 11) is -3.57. The van der Waals surface area contributed by atoms with Gasteiger partial charge in [0.05, 0.1) is 19.3 Å². The predicted octanol–water partition coefficient (Wildman–Crippen LogP) is 2.89. The fourth-order valence-corrected chi connectivity index (χ4v) is 3.78. The molecule has 0 saturated heterocycles. The minimum Gasteiger partial charge on any atom is -0.346 e. The van der Waals surface area contributed by atoms with Crippen molar-refractivity contribution < 1.29 is 17.7 Å². The number of halogens is 1. The third-order valence-electron chi connectivity index (χ3n) is 4.26. The minimum absolute atomic E-state index is 0.00195. The molecule has 0 bridgehead atoms. The third kappa shape index (κ3) is 6.22. The number of rotatable bonds is 8. The van der Waals surface area contributed by atoms with Crippen LogP contribution in [0.4, 0.5) is 0 Å². The molecule has 0 aliphatic heterocycles. The van der Waals surface area contributed by atoms with Gasteiger partial charge in [-0.3, -0.25) is 4.79 Å². The summed E-state index contributed by atoms with van der Waals surface area (Å²) in [6.45, 7) is 1.76. The lowest BCUT2D eigenvalue weighted by atomic mass is 10.1. The Bertz CT molecular complexity index is 1130. The number of amides is 1. The summed E-state index contributed by atoms with van der Waals surface area (Å²) in [6, 6.07) is 14.9. The summed E-state index contributed by atoms with van der Waals surface area (Å²) in [4.78, 5) is 16.6. The Morgan fingerprint density at radius 3 is 2.60 bits per heavy atom. The van der Waals surface area contributed by atoms with Crippen LogP contribution in [-0.2, 0) is 27.9 Å². The van der Waals surface area contributed by atoms with E-state index in [4.69, 9.17) is 4.52 Å². The Morgan fingerprint density at radius 2 is 1.93 bits per heavy atom. The molecule has 8 nitrogen and oxygen atoms in total. The molecule has 0 fully saturated rings. The molecule has 0 spiro atoms. The van der Waals surface area contributed by atoms with Crippen molar-refractivity contribution in [3.8, 4) is 11.4 Å². The van der Waals surface area contributed by atoms with E-state index in [0.29, 0.717) is 5.82 Å². The molecule has 1 amide bonds. The van der Waals surface area contributed by atoms with Crippen LogP contribution in [0.1, 0.15) is 17.0 Å². The topological polar surface area (TPSA) is 105 Å². The SMILES string of the molecule is Cc1ccc(CN(CC(=O)NCc2nc(-c3cccc(Br)c3)no2)S(C)(=O)=O)cc1. The summed E-state index contributed by atoms with van der Waals surface area (Å²) < 4.78 is 31.4. The number of benzene rings is 2. The Hall–Kier alpha value is -2.56. The highest BCUT2D eigenvalue weighted by molar-refractivity contribution is 9.10. The van der Waals surface area contributed by atoms with Crippen molar-refractivity contribution >= 4 is 31.9 Å². The van der Waals surface area contributed by atoms with Crippen molar-refractivity contribution in [3.05, 3.63) is 70.0 Å². The van der Waals surface area contributed by atoms with E-state index in [0.717, 1.165) is 31.7 Å². The zero-order chi connectivity index (χ0) is 21.7. The van der Waals surface area contributed by atoms with Crippen LogP contribution in [-0.4, -0.2) is 41.6 Å². The van der Waals surface area contributed by atoms with Gasteiger partial charge in [0, 0.05) is 16.6 Å². The van der Waals surface area contributed by atoms with Gasteiger partial charge in [-0.05, 0) is 24.6 Å². The Kier molecular flexibility index (Phi) is 7.01. The smallest absolute Gasteiger partial charge is 0.246 e. The largest absolute Gasteiger partial charge is 0.346 e. The average molecular weight is 493 g/mol. The number of nitrogens with zero attached hydrogens (tertiary/aromatic N) is 3. The lowest BCUT2D eigenvalue weighted by Crippen LogP contribution is -2.39. The molecule has 0 saturated carbocycles. The molecule has 0 aliphatic rings. The van der Waals surface area contributed by atoms with Gasteiger partial charge in [0.25, 0.3) is 0 Å². The summed E-state index contributed by atoms with van der Waals surface area (Å²) in [5.41, 5.74) is 2.64. The van der Waals surface area contributed by atoms with E-state index < -0.39 is 15.9 Å². The lowest BCUT2D eigenvalue weighted by molar-refractivity contribution is -0.121. The van der Waals surface area contributed by atoms with Crippen molar-refractivity contribution in [1.29, 1.82) is 0 Å². The van der Waals surface area contributed by atoms with E-state index in [1.54, 1.807) is 0 Å². The number of sulfonamides is 1. The standard InChI is InChI=1S/C20H21BrN4O4S/c1-14-6-8-15(9-7-14)12-25(30(2,27)28)13-18(26)22-11-19-23-20(24-29-19)16-4-3-5-17(21)10-16/h3-10H,11-13H2,1-2H3,(H,22,26). The number of aryl methyl sites for hydroxylation is 1. The number of aromatic nitrogens is 2. The molecule has 0 aliphatic carbocycles. The van der Waals surface area contributed by atoms with Gasteiger partial charge < -0.3 is 9.84 Å². The van der Waals surface area contributed by atoms with Crippen molar-refractivity contribution in [3.63, 3.8) is 0 Å². The summed E-state index contributed by atoms with van der Waals surface area (Å²) in [5, 5.41) is 6.53. The lowest BCUT2D eigenvalue weighted by Gasteiger charge is -2.19. The molecular weight excluding hydrogens is 472 g/mol. The summed E-state index contributed by atoms with van der Waals surface area (Å²) >= 11 is 3.39. The summed E-state index contributed by atoms with van der Waals surface area (Å²) in [5.74, 6) is 0.162. The second-order valence-corrected chi connectivity index (χ2v) is 9.71. The van der Waals surface area contributed by atoms with E-state index in [-0.39, 0.29) is 25.5 Å². The van der Waals surface area contributed by atoms with E-state index in [1.807, 2.05) is 55.5 Å². The fourth-order valence-electron chi connectivity index (χ4n) is 2.65.